The molecule has 1 atom stereocenters. The molecule has 0 spiro atoms. The third-order valence-corrected chi connectivity index (χ3v) is 2.60. The van der Waals surface area contributed by atoms with Crippen molar-refractivity contribution in [3.8, 4) is 5.75 Å². The summed E-state index contributed by atoms with van der Waals surface area (Å²) in [5, 5.41) is 3.36. The lowest BCUT2D eigenvalue weighted by molar-refractivity contribution is 0.199. The monoisotopic (exact) mass is 223 g/mol. The van der Waals surface area contributed by atoms with Gasteiger partial charge in [-0.25, -0.2) is 0 Å². The minimum atomic E-state index is 0.479. The third kappa shape index (κ3) is 4.21. The van der Waals surface area contributed by atoms with Gasteiger partial charge in [-0.15, -0.1) is 0 Å². The van der Waals surface area contributed by atoms with Crippen LogP contribution in [-0.2, 0) is 4.74 Å². The molecule has 0 saturated carbocycles. The van der Waals surface area contributed by atoms with E-state index in [1.54, 1.807) is 14.2 Å². The van der Waals surface area contributed by atoms with Crippen molar-refractivity contribution in [2.24, 2.45) is 0 Å². The van der Waals surface area contributed by atoms with Crippen LogP contribution in [0, 0.1) is 0 Å². The van der Waals surface area contributed by atoms with E-state index in [0.717, 1.165) is 25.4 Å². The van der Waals surface area contributed by atoms with Crippen LogP contribution in [0.5, 0.6) is 5.75 Å². The summed E-state index contributed by atoms with van der Waals surface area (Å²) in [5.74, 6) is 1.40. The zero-order valence-corrected chi connectivity index (χ0v) is 10.3. The second-order valence-corrected chi connectivity index (χ2v) is 3.87. The maximum atomic E-state index is 5.21. The van der Waals surface area contributed by atoms with E-state index in [2.05, 4.69) is 24.4 Å². The van der Waals surface area contributed by atoms with Crippen LogP contribution in [0.15, 0.2) is 24.3 Å². The van der Waals surface area contributed by atoms with E-state index in [0.29, 0.717) is 5.92 Å². The van der Waals surface area contributed by atoms with Gasteiger partial charge in [0.05, 0.1) is 13.7 Å². The fraction of sp³-hybridized carbons (Fsp3) is 0.538. The van der Waals surface area contributed by atoms with Crippen LogP contribution in [0.3, 0.4) is 0 Å². The van der Waals surface area contributed by atoms with Gasteiger partial charge in [-0.1, -0.05) is 19.1 Å². The van der Waals surface area contributed by atoms with E-state index in [1.165, 1.54) is 5.56 Å². The number of nitrogens with one attached hydrogen (secondary N) is 1. The Labute approximate surface area is 97.8 Å². The number of methoxy groups -OCH3 is 2. The summed E-state index contributed by atoms with van der Waals surface area (Å²) in [6, 6.07) is 8.21. The van der Waals surface area contributed by atoms with Crippen molar-refractivity contribution in [3.63, 3.8) is 0 Å². The van der Waals surface area contributed by atoms with Gasteiger partial charge in [-0.05, 0) is 23.6 Å². The molecule has 1 aromatic rings. The maximum absolute atomic E-state index is 5.21. The highest BCUT2D eigenvalue weighted by Crippen LogP contribution is 2.19. The first-order valence-electron chi connectivity index (χ1n) is 5.61. The molecule has 0 radical (unpaired) electrons. The molecular formula is C13H21NO2. The Kier molecular flexibility index (Phi) is 5.90. The van der Waals surface area contributed by atoms with Crippen LogP contribution in [0.2, 0.25) is 0 Å². The molecule has 0 amide bonds. The van der Waals surface area contributed by atoms with E-state index >= 15 is 0 Å². The zero-order chi connectivity index (χ0) is 11.8. The van der Waals surface area contributed by atoms with Gasteiger partial charge >= 0.3 is 0 Å². The van der Waals surface area contributed by atoms with Crippen LogP contribution in [0.25, 0.3) is 0 Å². The summed E-state index contributed by atoms with van der Waals surface area (Å²) in [6.07, 6.45) is 0. The summed E-state index contributed by atoms with van der Waals surface area (Å²) in [4.78, 5) is 0. The number of hydrogen-bond donors (Lipinski definition) is 1. The molecular weight excluding hydrogens is 202 g/mol. The molecule has 16 heavy (non-hydrogen) atoms. The van der Waals surface area contributed by atoms with Gasteiger partial charge in [-0.2, -0.15) is 0 Å². The standard InChI is InChI=1S/C13H21NO2/c1-11(10-14-7-8-15-2)12-5-4-6-13(9-12)16-3/h4-6,9,11,14H,7-8,10H2,1-3H3. The Morgan fingerprint density at radius 1 is 1.31 bits per heavy atom. The third-order valence-electron chi connectivity index (χ3n) is 2.60. The van der Waals surface area contributed by atoms with Gasteiger partial charge in [-0.3, -0.25) is 0 Å². The lowest BCUT2D eigenvalue weighted by atomic mass is 10.0. The second-order valence-electron chi connectivity index (χ2n) is 3.87. The number of benzene rings is 1. The van der Waals surface area contributed by atoms with Gasteiger partial charge < -0.3 is 14.8 Å². The molecule has 90 valence electrons. The Morgan fingerprint density at radius 3 is 2.81 bits per heavy atom. The van der Waals surface area contributed by atoms with Crippen molar-refractivity contribution in [1.29, 1.82) is 0 Å². The quantitative estimate of drug-likeness (QED) is 0.717. The Balaban J connectivity index is 2.42. The van der Waals surface area contributed by atoms with Crippen LogP contribution >= 0.6 is 0 Å². The molecule has 1 N–H and O–H groups in total. The maximum Gasteiger partial charge on any atom is 0.119 e. The molecule has 0 heterocycles. The summed E-state index contributed by atoms with van der Waals surface area (Å²) in [6.45, 7) is 4.81. The normalized spacial score (nSPS) is 12.4. The molecule has 0 saturated heterocycles. The Morgan fingerprint density at radius 2 is 2.12 bits per heavy atom. The summed E-state index contributed by atoms with van der Waals surface area (Å²) in [5.41, 5.74) is 1.30. The van der Waals surface area contributed by atoms with Gasteiger partial charge in [0.1, 0.15) is 5.75 Å². The fourth-order valence-electron chi connectivity index (χ4n) is 1.56. The minimum absolute atomic E-state index is 0.479. The summed E-state index contributed by atoms with van der Waals surface area (Å²) < 4.78 is 10.2. The van der Waals surface area contributed by atoms with Crippen molar-refractivity contribution in [1.82, 2.24) is 5.32 Å². The minimum Gasteiger partial charge on any atom is -0.497 e. The molecule has 3 nitrogen and oxygen atoms in total. The van der Waals surface area contributed by atoms with E-state index in [1.807, 2.05) is 12.1 Å². The van der Waals surface area contributed by atoms with Crippen molar-refractivity contribution >= 4 is 0 Å². The van der Waals surface area contributed by atoms with Crippen LogP contribution in [-0.4, -0.2) is 33.9 Å². The molecule has 1 unspecified atom stereocenters. The molecule has 0 aliphatic carbocycles. The van der Waals surface area contributed by atoms with Gasteiger partial charge in [0.15, 0.2) is 0 Å². The van der Waals surface area contributed by atoms with Crippen LogP contribution < -0.4 is 10.1 Å². The first-order chi connectivity index (χ1) is 7.77. The molecule has 0 aliphatic heterocycles. The first kappa shape index (κ1) is 13.0. The van der Waals surface area contributed by atoms with Gasteiger partial charge in [0.2, 0.25) is 0 Å². The first-order valence-corrected chi connectivity index (χ1v) is 5.61. The molecule has 0 aromatic heterocycles. The van der Waals surface area contributed by atoms with Crippen molar-refractivity contribution < 1.29 is 9.47 Å². The molecule has 0 aliphatic rings. The SMILES string of the molecule is COCCNCC(C)c1cccc(OC)c1. The molecule has 1 rings (SSSR count). The summed E-state index contributed by atoms with van der Waals surface area (Å²) in [7, 11) is 3.41. The predicted octanol–water partition coefficient (Wildman–Crippen LogP) is 2.03. The van der Waals surface area contributed by atoms with Gasteiger partial charge in [0.25, 0.3) is 0 Å². The van der Waals surface area contributed by atoms with Crippen LogP contribution in [0.1, 0.15) is 18.4 Å². The average molecular weight is 223 g/mol. The number of hydrogen-bond acceptors (Lipinski definition) is 3. The van der Waals surface area contributed by atoms with E-state index in [4.69, 9.17) is 9.47 Å². The van der Waals surface area contributed by atoms with E-state index in [9.17, 15) is 0 Å². The second kappa shape index (κ2) is 7.25. The van der Waals surface area contributed by atoms with Crippen LogP contribution in [0.4, 0.5) is 0 Å². The van der Waals surface area contributed by atoms with Crippen molar-refractivity contribution in [2.75, 3.05) is 33.9 Å². The average Bonchev–Trinajstić information content (AvgIpc) is 2.34. The zero-order valence-electron chi connectivity index (χ0n) is 10.3. The van der Waals surface area contributed by atoms with Gasteiger partial charge in [0, 0.05) is 20.2 Å². The topological polar surface area (TPSA) is 30.5 Å². The molecule has 3 heteroatoms. The van der Waals surface area contributed by atoms with Crippen molar-refractivity contribution in [2.45, 2.75) is 12.8 Å². The highest BCUT2D eigenvalue weighted by Gasteiger charge is 2.05. The Hall–Kier alpha value is -1.06. The van der Waals surface area contributed by atoms with E-state index in [-0.39, 0.29) is 0 Å². The molecule has 0 bridgehead atoms. The lowest BCUT2D eigenvalue weighted by Gasteiger charge is -2.13. The number of rotatable bonds is 7. The number of ether oxygens (including phenoxy) is 2. The largest absolute Gasteiger partial charge is 0.497 e. The smallest absolute Gasteiger partial charge is 0.119 e. The van der Waals surface area contributed by atoms with E-state index < -0.39 is 0 Å². The molecule has 1 aromatic carbocycles. The highest BCUT2D eigenvalue weighted by molar-refractivity contribution is 5.30. The lowest BCUT2D eigenvalue weighted by Crippen LogP contribution is -2.23. The fourth-order valence-corrected chi connectivity index (χ4v) is 1.56. The predicted molar refractivity (Wildman–Crippen MR) is 66.2 cm³/mol. The molecule has 0 fully saturated rings. The van der Waals surface area contributed by atoms with Crippen molar-refractivity contribution in [3.05, 3.63) is 29.8 Å². The highest BCUT2D eigenvalue weighted by atomic mass is 16.5. The Bertz CT molecular complexity index is 302. The summed E-state index contributed by atoms with van der Waals surface area (Å²) >= 11 is 0.